The standard InChI is InChI=1S/C32H68N2OS2.C15H33N/c1-3-5-7-9-14-20-29-34(28-19-8-6-4-2)37-32-24-16-11-13-18-26-33(27-21-22-30-35)25-17-12-10-15-23-31-36;1-4-6-8-10-11-13-15-16(3)14-12-9-7-5-2/h35-36H,3-32H2,1-2H3;4-15H2,1-3H3. The highest BCUT2D eigenvalue weighted by Crippen LogP contribution is 2.18. The van der Waals surface area contributed by atoms with Crippen molar-refractivity contribution in [1.29, 1.82) is 0 Å². The number of hydrogen-bond donors (Lipinski definition) is 2. The molecule has 0 bridgehead atoms. The van der Waals surface area contributed by atoms with Crippen molar-refractivity contribution < 1.29 is 5.11 Å². The van der Waals surface area contributed by atoms with Gasteiger partial charge in [-0.25, -0.2) is 0 Å². The molecule has 0 saturated carbocycles. The molecule has 0 amide bonds. The van der Waals surface area contributed by atoms with Crippen molar-refractivity contribution in [2.24, 2.45) is 0 Å². The molecule has 0 heterocycles. The van der Waals surface area contributed by atoms with Crippen LogP contribution in [0.5, 0.6) is 0 Å². The van der Waals surface area contributed by atoms with Crippen LogP contribution < -0.4 is 0 Å². The summed E-state index contributed by atoms with van der Waals surface area (Å²) in [6, 6.07) is 0. The third-order valence-corrected chi connectivity index (χ3v) is 12.2. The van der Waals surface area contributed by atoms with Crippen LogP contribution >= 0.6 is 24.6 Å². The number of aliphatic hydroxyl groups excluding tert-OH is 1. The Bertz CT molecular complexity index is 629. The van der Waals surface area contributed by atoms with Gasteiger partial charge in [0.1, 0.15) is 0 Å². The summed E-state index contributed by atoms with van der Waals surface area (Å²) in [5, 5.41) is 9.14. The molecule has 0 aromatic carbocycles. The summed E-state index contributed by atoms with van der Waals surface area (Å²) >= 11 is 6.46. The van der Waals surface area contributed by atoms with E-state index in [2.05, 4.69) is 73.4 Å². The minimum atomic E-state index is 0.338. The number of thiol groups is 1. The van der Waals surface area contributed by atoms with Gasteiger partial charge in [0, 0.05) is 25.4 Å². The van der Waals surface area contributed by atoms with Gasteiger partial charge in [-0.3, -0.25) is 4.31 Å². The third kappa shape index (κ3) is 48.6. The number of hydrogen-bond acceptors (Lipinski definition) is 6. The average molecular weight is 788 g/mol. The first kappa shape index (κ1) is 55.6. The highest BCUT2D eigenvalue weighted by Gasteiger charge is 2.07. The molecule has 53 heavy (non-hydrogen) atoms. The van der Waals surface area contributed by atoms with Crippen LogP contribution in [0.25, 0.3) is 0 Å². The molecule has 1 N–H and O–H groups in total. The van der Waals surface area contributed by atoms with Crippen LogP contribution in [-0.2, 0) is 0 Å². The van der Waals surface area contributed by atoms with Crippen LogP contribution in [0.3, 0.4) is 0 Å². The van der Waals surface area contributed by atoms with Crippen molar-refractivity contribution in [3.63, 3.8) is 0 Å². The van der Waals surface area contributed by atoms with Gasteiger partial charge in [-0.2, -0.15) is 12.6 Å². The molecular formula is C47H101N3OS2. The van der Waals surface area contributed by atoms with Crippen molar-refractivity contribution in [2.75, 3.05) is 71.0 Å². The van der Waals surface area contributed by atoms with Crippen molar-refractivity contribution in [2.45, 2.75) is 233 Å². The zero-order valence-corrected chi connectivity index (χ0v) is 39.1. The van der Waals surface area contributed by atoms with Gasteiger partial charge in [-0.1, -0.05) is 181 Å². The summed E-state index contributed by atoms with van der Waals surface area (Å²) in [6.45, 7) is 18.4. The molecule has 0 atom stereocenters. The Morgan fingerprint density at radius 2 is 0.698 bits per heavy atom. The van der Waals surface area contributed by atoms with Gasteiger partial charge >= 0.3 is 0 Å². The third-order valence-electron chi connectivity index (χ3n) is 10.7. The van der Waals surface area contributed by atoms with E-state index >= 15 is 0 Å². The monoisotopic (exact) mass is 788 g/mol. The topological polar surface area (TPSA) is 30.0 Å². The minimum Gasteiger partial charge on any atom is -0.396 e. The van der Waals surface area contributed by atoms with E-state index in [4.69, 9.17) is 5.11 Å². The summed E-state index contributed by atoms with van der Waals surface area (Å²) in [6.07, 6.45) is 43.6. The van der Waals surface area contributed by atoms with E-state index in [1.54, 1.807) is 0 Å². The summed E-state index contributed by atoms with van der Waals surface area (Å²) in [4.78, 5) is 5.18. The Kier molecular flexibility index (Phi) is 53.1. The van der Waals surface area contributed by atoms with Gasteiger partial charge in [-0.05, 0) is 110 Å². The maximum Gasteiger partial charge on any atom is 0.0431 e. The molecule has 0 unspecified atom stereocenters. The van der Waals surface area contributed by atoms with Gasteiger partial charge in [0.25, 0.3) is 0 Å². The SMILES string of the molecule is CCCCCCCCN(C)CCCCCC.CCCCCCCCN(CCCCCC)SCCCCCCCN(CCCCO)CCCCCCCS. The Labute approximate surface area is 346 Å². The van der Waals surface area contributed by atoms with Crippen LogP contribution in [0.2, 0.25) is 0 Å². The molecule has 6 heteroatoms. The lowest BCUT2D eigenvalue weighted by molar-refractivity contribution is 0.234. The maximum absolute atomic E-state index is 9.14. The van der Waals surface area contributed by atoms with Crippen molar-refractivity contribution in [1.82, 2.24) is 14.1 Å². The van der Waals surface area contributed by atoms with Crippen LogP contribution in [-0.4, -0.2) is 90.2 Å². The Morgan fingerprint density at radius 3 is 1.11 bits per heavy atom. The van der Waals surface area contributed by atoms with E-state index < -0.39 is 0 Å². The molecule has 0 spiro atoms. The van der Waals surface area contributed by atoms with E-state index in [0.29, 0.717) is 6.61 Å². The lowest BCUT2D eigenvalue weighted by Crippen LogP contribution is -2.27. The fourth-order valence-corrected chi connectivity index (χ4v) is 8.36. The smallest absolute Gasteiger partial charge is 0.0431 e. The number of aliphatic hydroxyl groups is 1. The molecule has 0 saturated heterocycles. The lowest BCUT2D eigenvalue weighted by Gasteiger charge is -2.22. The van der Waals surface area contributed by atoms with E-state index in [1.807, 2.05) is 0 Å². The first-order chi connectivity index (χ1) is 26.1. The zero-order valence-electron chi connectivity index (χ0n) is 37.3. The maximum atomic E-state index is 9.14. The molecule has 0 aromatic heterocycles. The number of unbranched alkanes of at least 4 members (excludes halogenated alkanes) is 25. The van der Waals surface area contributed by atoms with Crippen LogP contribution in [0, 0.1) is 0 Å². The van der Waals surface area contributed by atoms with E-state index in [0.717, 1.165) is 18.6 Å². The second kappa shape index (κ2) is 50.6. The Balaban J connectivity index is 0. The molecule has 0 fully saturated rings. The first-order valence-corrected chi connectivity index (χ1v) is 25.7. The highest BCUT2D eigenvalue weighted by molar-refractivity contribution is 7.97. The van der Waals surface area contributed by atoms with Gasteiger partial charge in [0.05, 0.1) is 0 Å². The van der Waals surface area contributed by atoms with Crippen LogP contribution in [0.1, 0.15) is 233 Å². The Morgan fingerprint density at radius 1 is 0.377 bits per heavy atom. The molecule has 322 valence electrons. The van der Waals surface area contributed by atoms with Gasteiger partial charge in [0.15, 0.2) is 0 Å². The minimum absolute atomic E-state index is 0.338. The van der Waals surface area contributed by atoms with Crippen LogP contribution in [0.4, 0.5) is 0 Å². The summed E-state index contributed by atoms with van der Waals surface area (Å²) in [5.74, 6) is 2.34. The van der Waals surface area contributed by atoms with Gasteiger partial charge < -0.3 is 14.9 Å². The number of rotatable bonds is 44. The normalized spacial score (nSPS) is 11.7. The van der Waals surface area contributed by atoms with Gasteiger partial charge in [-0.15, -0.1) is 0 Å². The predicted molar refractivity (Wildman–Crippen MR) is 249 cm³/mol. The molecule has 0 aliphatic carbocycles. The first-order valence-electron chi connectivity index (χ1n) is 24.1. The summed E-state index contributed by atoms with van der Waals surface area (Å²) in [5.41, 5.74) is 0. The van der Waals surface area contributed by atoms with E-state index in [-0.39, 0.29) is 0 Å². The molecule has 4 nitrogen and oxygen atoms in total. The van der Waals surface area contributed by atoms with E-state index in [1.165, 1.54) is 244 Å². The lowest BCUT2D eigenvalue weighted by atomic mass is 10.1. The quantitative estimate of drug-likeness (QED) is 0.0365. The van der Waals surface area contributed by atoms with Crippen LogP contribution in [0.15, 0.2) is 0 Å². The number of nitrogens with zero attached hydrogens (tertiary/aromatic N) is 3. The second-order valence-electron chi connectivity index (χ2n) is 16.3. The predicted octanol–water partition coefficient (Wildman–Crippen LogP) is 14.6. The molecule has 0 aliphatic heterocycles. The average Bonchev–Trinajstić information content (AvgIpc) is 3.16. The van der Waals surface area contributed by atoms with Crippen molar-refractivity contribution in [3.8, 4) is 0 Å². The molecule has 0 radical (unpaired) electrons. The fourth-order valence-electron chi connectivity index (χ4n) is 7.03. The highest BCUT2D eigenvalue weighted by atomic mass is 32.2. The molecule has 0 rings (SSSR count). The largest absolute Gasteiger partial charge is 0.396 e. The summed E-state index contributed by atoms with van der Waals surface area (Å²) < 4.78 is 2.71. The van der Waals surface area contributed by atoms with Gasteiger partial charge in [0.2, 0.25) is 0 Å². The van der Waals surface area contributed by atoms with Crippen molar-refractivity contribution in [3.05, 3.63) is 0 Å². The zero-order chi connectivity index (χ0) is 39.1. The van der Waals surface area contributed by atoms with E-state index in [9.17, 15) is 0 Å². The second-order valence-corrected chi connectivity index (χ2v) is 17.9. The molecule has 0 aromatic rings. The molecule has 0 aliphatic rings. The van der Waals surface area contributed by atoms with Crippen molar-refractivity contribution >= 4 is 24.6 Å². The summed E-state index contributed by atoms with van der Waals surface area (Å²) in [7, 11) is 2.28. The Hall–Kier alpha value is 0.540. The molecular weight excluding hydrogens is 687 g/mol. The fraction of sp³-hybridized carbons (Fsp3) is 1.00.